The minimum absolute atomic E-state index is 0.0848. The van der Waals surface area contributed by atoms with Crippen molar-refractivity contribution in [2.45, 2.75) is 26.3 Å². The molecule has 6 nitrogen and oxygen atoms in total. The smallest absolute Gasteiger partial charge is 0.254 e. The summed E-state index contributed by atoms with van der Waals surface area (Å²) in [4.78, 5) is 17.4. The highest BCUT2D eigenvalue weighted by molar-refractivity contribution is 5.95. The molecule has 1 aromatic carbocycles. The number of rotatable bonds is 6. The van der Waals surface area contributed by atoms with Crippen LogP contribution in [-0.2, 0) is 0 Å². The van der Waals surface area contributed by atoms with Crippen LogP contribution in [0.25, 0.3) is 0 Å². The number of benzene rings is 1. The first-order valence-electron chi connectivity index (χ1n) is 9.36. The van der Waals surface area contributed by atoms with Gasteiger partial charge in [0.25, 0.3) is 5.91 Å². The van der Waals surface area contributed by atoms with Crippen LogP contribution in [-0.4, -0.2) is 74.2 Å². The van der Waals surface area contributed by atoms with Gasteiger partial charge in [-0.3, -0.25) is 9.69 Å². The van der Waals surface area contributed by atoms with Gasteiger partial charge in [-0.05, 0) is 38.5 Å². The number of nitrogens with one attached hydrogen (secondary N) is 1. The molecule has 0 bridgehead atoms. The average molecular weight is 347 g/mol. The quantitative estimate of drug-likeness (QED) is 0.847. The molecule has 2 aliphatic rings. The van der Waals surface area contributed by atoms with Gasteiger partial charge < -0.3 is 19.7 Å². The fraction of sp³-hybridized carbons (Fsp3) is 0.632. The Bertz CT molecular complexity index is 587. The Kier molecular flexibility index (Phi) is 6.15. The van der Waals surface area contributed by atoms with Crippen LogP contribution in [0.15, 0.2) is 18.2 Å². The second-order valence-electron chi connectivity index (χ2n) is 6.51. The molecule has 1 unspecified atom stereocenters. The van der Waals surface area contributed by atoms with E-state index in [1.807, 2.05) is 36.9 Å². The number of carbonyl (C=O) groups is 1. The van der Waals surface area contributed by atoms with Gasteiger partial charge in [0.1, 0.15) is 0 Å². The van der Waals surface area contributed by atoms with Crippen LogP contribution >= 0.6 is 0 Å². The van der Waals surface area contributed by atoms with Gasteiger partial charge in [-0.2, -0.15) is 0 Å². The van der Waals surface area contributed by atoms with Crippen molar-refractivity contribution in [2.24, 2.45) is 0 Å². The van der Waals surface area contributed by atoms with Gasteiger partial charge in [-0.1, -0.05) is 0 Å². The standard InChI is InChI=1S/C19H29N3O3/c1-3-24-17-6-5-15(13-18(17)25-4-2)19(23)22-10-7-16(14-22)21-11-8-20-9-12-21/h5-6,13,16,20H,3-4,7-12,14H2,1-2H3. The number of ether oxygens (including phenoxy) is 2. The fourth-order valence-corrected chi connectivity index (χ4v) is 3.64. The van der Waals surface area contributed by atoms with E-state index < -0.39 is 0 Å². The van der Waals surface area contributed by atoms with Crippen molar-refractivity contribution >= 4 is 5.91 Å². The average Bonchev–Trinajstić information content (AvgIpc) is 3.14. The van der Waals surface area contributed by atoms with Crippen LogP contribution in [0.4, 0.5) is 0 Å². The molecular formula is C19H29N3O3. The topological polar surface area (TPSA) is 54.0 Å². The second-order valence-corrected chi connectivity index (χ2v) is 6.51. The molecule has 1 atom stereocenters. The molecule has 1 aromatic rings. The van der Waals surface area contributed by atoms with Crippen LogP contribution in [0.3, 0.4) is 0 Å². The zero-order chi connectivity index (χ0) is 17.6. The number of hydrogen-bond donors (Lipinski definition) is 1. The number of piperazine rings is 1. The van der Waals surface area contributed by atoms with Crippen molar-refractivity contribution in [3.8, 4) is 11.5 Å². The molecule has 2 fully saturated rings. The van der Waals surface area contributed by atoms with E-state index in [1.54, 1.807) is 0 Å². The first-order chi connectivity index (χ1) is 12.2. The van der Waals surface area contributed by atoms with E-state index in [9.17, 15) is 4.79 Å². The lowest BCUT2D eigenvalue weighted by Gasteiger charge is -2.32. The van der Waals surface area contributed by atoms with Crippen molar-refractivity contribution in [2.75, 3.05) is 52.5 Å². The van der Waals surface area contributed by atoms with E-state index in [1.165, 1.54) is 0 Å². The van der Waals surface area contributed by atoms with E-state index in [-0.39, 0.29) is 5.91 Å². The summed E-state index contributed by atoms with van der Waals surface area (Å²) in [5.74, 6) is 1.43. The summed E-state index contributed by atoms with van der Waals surface area (Å²) in [6.07, 6.45) is 1.06. The van der Waals surface area contributed by atoms with Gasteiger partial charge in [-0.15, -0.1) is 0 Å². The van der Waals surface area contributed by atoms with Gasteiger partial charge >= 0.3 is 0 Å². The molecule has 138 valence electrons. The Balaban J connectivity index is 1.67. The van der Waals surface area contributed by atoms with Gasteiger partial charge in [0.05, 0.1) is 13.2 Å². The number of hydrogen-bond acceptors (Lipinski definition) is 5. The molecular weight excluding hydrogens is 318 g/mol. The molecule has 2 saturated heterocycles. The monoisotopic (exact) mass is 347 g/mol. The lowest BCUT2D eigenvalue weighted by molar-refractivity contribution is 0.0773. The third-order valence-corrected chi connectivity index (χ3v) is 4.91. The summed E-state index contributed by atoms with van der Waals surface area (Å²) in [5, 5.41) is 3.38. The van der Waals surface area contributed by atoms with Gasteiger partial charge in [0, 0.05) is 50.9 Å². The summed E-state index contributed by atoms with van der Waals surface area (Å²) in [6.45, 7) is 10.9. The number of nitrogens with zero attached hydrogens (tertiary/aromatic N) is 2. The molecule has 1 N–H and O–H groups in total. The van der Waals surface area contributed by atoms with Gasteiger partial charge in [0.2, 0.25) is 0 Å². The SMILES string of the molecule is CCOc1ccc(C(=O)N2CCC(N3CCNCC3)C2)cc1OCC. The largest absolute Gasteiger partial charge is 0.490 e. The fourth-order valence-electron chi connectivity index (χ4n) is 3.64. The third kappa shape index (κ3) is 4.25. The third-order valence-electron chi connectivity index (χ3n) is 4.91. The van der Waals surface area contributed by atoms with E-state index in [0.29, 0.717) is 36.3 Å². The van der Waals surface area contributed by atoms with Crippen molar-refractivity contribution in [3.05, 3.63) is 23.8 Å². The highest BCUT2D eigenvalue weighted by Gasteiger charge is 2.31. The summed E-state index contributed by atoms with van der Waals surface area (Å²) < 4.78 is 11.2. The maximum Gasteiger partial charge on any atom is 0.254 e. The second kappa shape index (κ2) is 8.54. The zero-order valence-corrected chi connectivity index (χ0v) is 15.3. The van der Waals surface area contributed by atoms with Crippen molar-refractivity contribution < 1.29 is 14.3 Å². The van der Waals surface area contributed by atoms with Crippen LogP contribution in [0.1, 0.15) is 30.6 Å². The number of likely N-dealkylation sites (tertiary alicyclic amines) is 1. The van der Waals surface area contributed by atoms with E-state index in [2.05, 4.69) is 10.2 Å². The molecule has 0 saturated carbocycles. The van der Waals surface area contributed by atoms with Crippen LogP contribution in [0, 0.1) is 0 Å². The molecule has 0 radical (unpaired) electrons. The van der Waals surface area contributed by atoms with Crippen LogP contribution < -0.4 is 14.8 Å². The molecule has 1 amide bonds. The molecule has 2 aliphatic heterocycles. The lowest BCUT2D eigenvalue weighted by atomic mass is 10.1. The maximum atomic E-state index is 12.9. The Morgan fingerprint density at radius 3 is 2.56 bits per heavy atom. The summed E-state index contributed by atoms with van der Waals surface area (Å²) in [6, 6.07) is 5.98. The highest BCUT2D eigenvalue weighted by atomic mass is 16.5. The predicted molar refractivity (Wildman–Crippen MR) is 97.5 cm³/mol. The summed E-state index contributed by atoms with van der Waals surface area (Å²) in [5.41, 5.74) is 0.674. The molecule has 0 spiro atoms. The molecule has 3 rings (SSSR count). The summed E-state index contributed by atoms with van der Waals surface area (Å²) >= 11 is 0. The number of amides is 1. The minimum Gasteiger partial charge on any atom is -0.490 e. The van der Waals surface area contributed by atoms with Crippen LogP contribution in [0.5, 0.6) is 11.5 Å². The molecule has 0 aromatic heterocycles. The normalized spacial score (nSPS) is 21.4. The summed E-state index contributed by atoms with van der Waals surface area (Å²) in [7, 11) is 0. The first kappa shape index (κ1) is 18.0. The van der Waals surface area contributed by atoms with Crippen molar-refractivity contribution in [3.63, 3.8) is 0 Å². The molecule has 0 aliphatic carbocycles. The molecule has 2 heterocycles. The highest BCUT2D eigenvalue weighted by Crippen LogP contribution is 2.29. The van der Waals surface area contributed by atoms with Gasteiger partial charge in [0.15, 0.2) is 11.5 Å². The lowest BCUT2D eigenvalue weighted by Crippen LogP contribution is -2.49. The van der Waals surface area contributed by atoms with E-state index >= 15 is 0 Å². The Morgan fingerprint density at radius 2 is 1.84 bits per heavy atom. The molecule has 25 heavy (non-hydrogen) atoms. The maximum absolute atomic E-state index is 12.9. The van der Waals surface area contributed by atoms with Crippen molar-refractivity contribution in [1.29, 1.82) is 0 Å². The van der Waals surface area contributed by atoms with E-state index in [0.717, 1.165) is 45.7 Å². The van der Waals surface area contributed by atoms with Crippen molar-refractivity contribution in [1.82, 2.24) is 15.1 Å². The van der Waals surface area contributed by atoms with Gasteiger partial charge in [-0.25, -0.2) is 0 Å². The first-order valence-corrected chi connectivity index (χ1v) is 9.36. The predicted octanol–water partition coefficient (Wildman–Crippen LogP) is 1.60. The number of carbonyl (C=O) groups excluding carboxylic acids is 1. The minimum atomic E-state index is 0.0848. The molecule has 6 heteroatoms. The van der Waals surface area contributed by atoms with Crippen LogP contribution in [0.2, 0.25) is 0 Å². The Hall–Kier alpha value is -1.79. The zero-order valence-electron chi connectivity index (χ0n) is 15.3. The Labute approximate surface area is 150 Å². The Morgan fingerprint density at radius 1 is 1.12 bits per heavy atom. The van der Waals surface area contributed by atoms with E-state index in [4.69, 9.17) is 9.47 Å².